The number of carbonyl (C=O) groups is 1. The maximum Gasteiger partial charge on any atom is 0.243 e. The highest BCUT2D eigenvalue weighted by Crippen LogP contribution is 2.24. The highest BCUT2D eigenvalue weighted by molar-refractivity contribution is 7.89. The third-order valence-corrected chi connectivity index (χ3v) is 5.86. The zero-order valence-corrected chi connectivity index (χ0v) is 13.8. The van der Waals surface area contributed by atoms with E-state index in [0.717, 1.165) is 24.7 Å². The van der Waals surface area contributed by atoms with Gasteiger partial charge in [0.2, 0.25) is 10.0 Å². The molecule has 5 heteroatoms. The van der Waals surface area contributed by atoms with E-state index in [-0.39, 0.29) is 17.9 Å². The van der Waals surface area contributed by atoms with Crippen LogP contribution in [0.1, 0.15) is 37.7 Å². The Morgan fingerprint density at radius 3 is 2.36 bits per heavy atom. The Labute approximate surface area is 132 Å². The lowest BCUT2D eigenvalue weighted by Crippen LogP contribution is -2.32. The minimum absolute atomic E-state index is 0.217. The molecule has 1 aromatic rings. The molecule has 0 bridgehead atoms. The Bertz CT molecular complexity index is 624. The smallest absolute Gasteiger partial charge is 0.243 e. The fraction of sp³-hybridized carbons (Fsp3) is 0.471. The predicted molar refractivity (Wildman–Crippen MR) is 87.2 cm³/mol. The lowest BCUT2D eigenvalue weighted by molar-refractivity contribution is -0.107. The van der Waals surface area contributed by atoms with Crippen LogP contribution in [-0.2, 0) is 14.8 Å². The molecule has 0 unspecified atom stereocenters. The summed E-state index contributed by atoms with van der Waals surface area (Å²) >= 11 is 0. The number of carbonyl (C=O) groups excluding carboxylic acids is 1. The quantitative estimate of drug-likeness (QED) is 0.573. The molecule has 2 rings (SSSR count). The number of nitrogens with zero attached hydrogens (tertiary/aromatic N) is 1. The lowest BCUT2D eigenvalue weighted by atomic mass is 10.2. The van der Waals surface area contributed by atoms with Crippen LogP contribution in [0.25, 0.3) is 0 Å². The van der Waals surface area contributed by atoms with Crippen LogP contribution in [0, 0.1) is 6.92 Å². The third-order valence-electron chi connectivity index (χ3n) is 3.98. The van der Waals surface area contributed by atoms with Gasteiger partial charge in [-0.2, -0.15) is 4.31 Å². The highest BCUT2D eigenvalue weighted by Gasteiger charge is 2.23. The van der Waals surface area contributed by atoms with Crippen molar-refractivity contribution in [1.82, 2.24) is 4.31 Å². The molecule has 0 radical (unpaired) electrons. The molecule has 0 saturated heterocycles. The van der Waals surface area contributed by atoms with Crippen LogP contribution in [0.5, 0.6) is 0 Å². The van der Waals surface area contributed by atoms with Gasteiger partial charge < -0.3 is 4.79 Å². The molecular formula is C17H23NO3S. The fourth-order valence-electron chi connectivity index (χ4n) is 2.63. The van der Waals surface area contributed by atoms with E-state index in [1.54, 1.807) is 24.3 Å². The molecular weight excluding hydrogens is 298 g/mol. The Balaban J connectivity index is 2.20. The summed E-state index contributed by atoms with van der Waals surface area (Å²) < 4.78 is 26.9. The summed E-state index contributed by atoms with van der Waals surface area (Å²) in [7, 11) is -3.55. The second kappa shape index (κ2) is 7.70. The zero-order chi connectivity index (χ0) is 16.0. The molecule has 22 heavy (non-hydrogen) atoms. The number of benzene rings is 1. The maximum absolute atomic E-state index is 12.7. The molecule has 0 aliphatic heterocycles. The van der Waals surface area contributed by atoms with Gasteiger partial charge in [-0.15, -0.1) is 0 Å². The Kier molecular flexibility index (Phi) is 5.91. The van der Waals surface area contributed by atoms with Crippen molar-refractivity contribution in [3.8, 4) is 0 Å². The van der Waals surface area contributed by atoms with Gasteiger partial charge >= 0.3 is 0 Å². The highest BCUT2D eigenvalue weighted by atomic mass is 32.2. The lowest BCUT2D eigenvalue weighted by Gasteiger charge is -2.20. The standard InChI is InChI=1S/C17H23NO3S/c1-15-7-9-17(10-8-15)22(20,21)18(12-4-14-19)13-11-16-5-2-3-6-16/h7-11,14H,2-6,12-13H2,1H3. The first-order valence-electron chi connectivity index (χ1n) is 7.72. The normalized spacial score (nSPS) is 15.3. The number of hydrogen-bond donors (Lipinski definition) is 0. The van der Waals surface area contributed by atoms with E-state index in [1.807, 2.05) is 13.0 Å². The molecule has 0 amide bonds. The van der Waals surface area contributed by atoms with Crippen LogP contribution < -0.4 is 0 Å². The first kappa shape index (κ1) is 16.9. The average Bonchev–Trinajstić information content (AvgIpc) is 3.01. The fourth-order valence-corrected chi connectivity index (χ4v) is 4.02. The summed E-state index contributed by atoms with van der Waals surface area (Å²) in [6.07, 6.45) is 7.49. The molecule has 120 valence electrons. The summed E-state index contributed by atoms with van der Waals surface area (Å²) in [4.78, 5) is 10.9. The summed E-state index contributed by atoms with van der Waals surface area (Å²) in [5.41, 5.74) is 2.35. The van der Waals surface area contributed by atoms with E-state index in [1.165, 1.54) is 22.7 Å². The SMILES string of the molecule is Cc1ccc(S(=O)(=O)N(CC=C2CCCC2)CCC=O)cc1. The van der Waals surface area contributed by atoms with E-state index >= 15 is 0 Å². The number of allylic oxidation sites excluding steroid dienone is 1. The van der Waals surface area contributed by atoms with Gasteiger partial charge in [-0.25, -0.2) is 8.42 Å². The molecule has 1 aromatic carbocycles. The van der Waals surface area contributed by atoms with Gasteiger partial charge in [0.1, 0.15) is 6.29 Å². The first-order chi connectivity index (χ1) is 10.5. The van der Waals surface area contributed by atoms with Crippen LogP contribution in [0.4, 0.5) is 0 Å². The summed E-state index contributed by atoms with van der Waals surface area (Å²) in [5, 5.41) is 0. The third kappa shape index (κ3) is 4.27. The molecule has 0 atom stereocenters. The van der Waals surface area contributed by atoms with Crippen molar-refractivity contribution in [3.63, 3.8) is 0 Å². The largest absolute Gasteiger partial charge is 0.303 e. The Morgan fingerprint density at radius 2 is 1.77 bits per heavy atom. The zero-order valence-electron chi connectivity index (χ0n) is 13.0. The van der Waals surface area contributed by atoms with E-state index in [9.17, 15) is 13.2 Å². The molecule has 0 aromatic heterocycles. The van der Waals surface area contributed by atoms with Crippen LogP contribution in [0.15, 0.2) is 40.8 Å². The van der Waals surface area contributed by atoms with Crippen molar-refractivity contribution in [2.75, 3.05) is 13.1 Å². The molecule has 1 aliphatic rings. The summed E-state index contributed by atoms with van der Waals surface area (Å²) in [6, 6.07) is 6.84. The molecule has 0 heterocycles. The van der Waals surface area contributed by atoms with Crippen molar-refractivity contribution in [3.05, 3.63) is 41.5 Å². The van der Waals surface area contributed by atoms with Crippen molar-refractivity contribution in [2.45, 2.75) is 43.9 Å². The van der Waals surface area contributed by atoms with Crippen molar-refractivity contribution < 1.29 is 13.2 Å². The number of aryl methyl sites for hydroxylation is 1. The molecule has 0 spiro atoms. The number of rotatable bonds is 7. The van der Waals surface area contributed by atoms with E-state index in [4.69, 9.17) is 0 Å². The van der Waals surface area contributed by atoms with Crippen molar-refractivity contribution in [1.29, 1.82) is 0 Å². The van der Waals surface area contributed by atoms with E-state index in [2.05, 4.69) is 0 Å². The first-order valence-corrected chi connectivity index (χ1v) is 9.16. The Hall–Kier alpha value is -1.46. The number of hydrogen-bond acceptors (Lipinski definition) is 3. The van der Waals surface area contributed by atoms with Gasteiger partial charge in [-0.1, -0.05) is 29.3 Å². The van der Waals surface area contributed by atoms with Crippen LogP contribution in [0.3, 0.4) is 0 Å². The van der Waals surface area contributed by atoms with Gasteiger partial charge in [-0.3, -0.25) is 0 Å². The second-order valence-corrected chi connectivity index (χ2v) is 7.64. The van der Waals surface area contributed by atoms with Crippen LogP contribution >= 0.6 is 0 Å². The van der Waals surface area contributed by atoms with Crippen molar-refractivity contribution in [2.24, 2.45) is 0 Å². The van der Waals surface area contributed by atoms with Crippen molar-refractivity contribution >= 4 is 16.3 Å². The minimum atomic E-state index is -3.55. The van der Waals surface area contributed by atoms with Gasteiger partial charge in [0.05, 0.1) is 4.90 Å². The number of aldehydes is 1. The maximum atomic E-state index is 12.7. The molecule has 1 aliphatic carbocycles. The molecule has 0 N–H and O–H groups in total. The van der Waals surface area contributed by atoms with E-state index < -0.39 is 10.0 Å². The topological polar surface area (TPSA) is 54.5 Å². The van der Waals surface area contributed by atoms with Gasteiger partial charge in [-0.05, 0) is 44.7 Å². The Morgan fingerprint density at radius 1 is 1.14 bits per heavy atom. The summed E-state index contributed by atoms with van der Waals surface area (Å²) in [5.74, 6) is 0. The van der Waals surface area contributed by atoms with Gasteiger partial charge in [0, 0.05) is 19.5 Å². The number of sulfonamides is 1. The van der Waals surface area contributed by atoms with Gasteiger partial charge in [0.15, 0.2) is 0 Å². The molecule has 4 nitrogen and oxygen atoms in total. The monoisotopic (exact) mass is 321 g/mol. The van der Waals surface area contributed by atoms with E-state index in [0.29, 0.717) is 6.54 Å². The predicted octanol–water partition coefficient (Wildman–Crippen LogP) is 3.08. The summed E-state index contributed by atoms with van der Waals surface area (Å²) in [6.45, 7) is 2.49. The van der Waals surface area contributed by atoms with Gasteiger partial charge in [0.25, 0.3) is 0 Å². The second-order valence-electron chi connectivity index (χ2n) is 5.70. The molecule has 1 fully saturated rings. The van der Waals surface area contributed by atoms with Crippen LogP contribution in [0.2, 0.25) is 0 Å². The average molecular weight is 321 g/mol. The molecule has 1 saturated carbocycles. The van der Waals surface area contributed by atoms with Crippen LogP contribution in [-0.4, -0.2) is 32.1 Å². The minimum Gasteiger partial charge on any atom is -0.303 e.